The zero-order valence-electron chi connectivity index (χ0n) is 27.4. The number of anilines is 2. The van der Waals surface area contributed by atoms with Crippen LogP contribution in [0.25, 0.3) is 70.9 Å². The molecule has 2 heteroatoms. The minimum absolute atomic E-state index is 0.203. The zero-order valence-corrected chi connectivity index (χ0v) is 27.4. The molecule has 234 valence electrons. The summed E-state index contributed by atoms with van der Waals surface area (Å²) in [6.07, 6.45) is 0.953. The van der Waals surface area contributed by atoms with Crippen molar-refractivity contribution in [2.45, 2.75) is 12.5 Å². The first-order valence-corrected chi connectivity index (χ1v) is 17.5. The van der Waals surface area contributed by atoms with Gasteiger partial charge in [-0.05, 0) is 91.3 Å². The van der Waals surface area contributed by atoms with Gasteiger partial charge in [0.15, 0.2) is 0 Å². The van der Waals surface area contributed by atoms with E-state index in [2.05, 4.69) is 185 Å². The van der Waals surface area contributed by atoms with Crippen molar-refractivity contribution in [3.8, 4) is 16.8 Å². The van der Waals surface area contributed by atoms with Gasteiger partial charge in [-0.25, -0.2) is 0 Å². The minimum Gasteiger partial charge on any atom is -0.332 e. The molecular weight excluding hydrogens is 605 g/mol. The predicted octanol–water partition coefficient (Wildman–Crippen LogP) is 12.8. The van der Waals surface area contributed by atoms with Crippen LogP contribution in [0.15, 0.2) is 176 Å². The Hall–Kier alpha value is -6.38. The summed E-state index contributed by atoms with van der Waals surface area (Å²) in [5.74, 6) is 0. The molecule has 1 atom stereocenters. The van der Waals surface area contributed by atoms with E-state index in [0.717, 1.165) is 6.42 Å². The van der Waals surface area contributed by atoms with E-state index in [-0.39, 0.29) is 6.04 Å². The second-order valence-corrected chi connectivity index (χ2v) is 13.7. The molecule has 1 aliphatic heterocycles. The van der Waals surface area contributed by atoms with Crippen LogP contribution in [0.3, 0.4) is 0 Å². The Kier molecular flexibility index (Phi) is 5.82. The largest absolute Gasteiger partial charge is 0.332 e. The summed E-state index contributed by atoms with van der Waals surface area (Å²) in [5, 5.41) is 10.4. The summed E-state index contributed by atoms with van der Waals surface area (Å²) < 4.78 is 2.52. The maximum Gasteiger partial charge on any atom is 0.0781 e. The molecule has 50 heavy (non-hydrogen) atoms. The summed E-state index contributed by atoms with van der Waals surface area (Å²) >= 11 is 0. The lowest BCUT2D eigenvalue weighted by molar-refractivity contribution is 0.743. The van der Waals surface area contributed by atoms with Crippen molar-refractivity contribution in [1.29, 1.82) is 0 Å². The fourth-order valence-electron chi connectivity index (χ4n) is 8.88. The van der Waals surface area contributed by atoms with Crippen LogP contribution in [0.4, 0.5) is 11.4 Å². The highest BCUT2D eigenvalue weighted by Gasteiger charge is 2.35. The molecule has 0 saturated heterocycles. The number of para-hydroxylation sites is 2. The molecule has 0 amide bonds. The Bertz CT molecular complexity index is 2890. The quantitative estimate of drug-likeness (QED) is 0.175. The first kappa shape index (κ1) is 27.6. The maximum atomic E-state index is 2.59. The number of benzene rings is 9. The smallest absolute Gasteiger partial charge is 0.0781 e. The van der Waals surface area contributed by atoms with E-state index in [1.807, 2.05) is 0 Å². The molecule has 0 fully saturated rings. The highest BCUT2D eigenvalue weighted by molar-refractivity contribution is 6.25. The SMILES string of the molecule is c1ccc(C2Cc3ccc4c5ccccc5n(-c5cccc(-c6ccc7ccc8cccc9ccc6c7c89)c5)c4c3N2c2ccccc2)cc1. The van der Waals surface area contributed by atoms with E-state index in [9.17, 15) is 0 Å². The van der Waals surface area contributed by atoms with Crippen molar-refractivity contribution in [1.82, 2.24) is 4.57 Å². The lowest BCUT2D eigenvalue weighted by Crippen LogP contribution is -2.20. The lowest BCUT2D eigenvalue weighted by Gasteiger charge is -2.29. The van der Waals surface area contributed by atoms with Gasteiger partial charge in [-0.2, -0.15) is 0 Å². The Morgan fingerprint density at radius 1 is 0.460 bits per heavy atom. The molecule has 0 N–H and O–H groups in total. The second kappa shape index (κ2) is 10.6. The monoisotopic (exact) mass is 636 g/mol. The minimum atomic E-state index is 0.203. The van der Waals surface area contributed by atoms with Gasteiger partial charge in [-0.3, -0.25) is 0 Å². The van der Waals surface area contributed by atoms with E-state index in [1.165, 1.54) is 93.4 Å². The van der Waals surface area contributed by atoms with Gasteiger partial charge in [0.1, 0.15) is 0 Å². The van der Waals surface area contributed by atoms with Crippen molar-refractivity contribution >= 4 is 65.5 Å². The molecule has 1 aromatic heterocycles. The van der Waals surface area contributed by atoms with Crippen LogP contribution in [-0.4, -0.2) is 4.57 Å². The fourth-order valence-corrected chi connectivity index (χ4v) is 8.88. The molecule has 11 rings (SSSR count). The molecule has 2 nitrogen and oxygen atoms in total. The zero-order chi connectivity index (χ0) is 32.8. The lowest BCUT2D eigenvalue weighted by atomic mass is 9.90. The van der Waals surface area contributed by atoms with Crippen LogP contribution >= 0.6 is 0 Å². The maximum absolute atomic E-state index is 2.59. The van der Waals surface area contributed by atoms with E-state index in [4.69, 9.17) is 0 Å². The first-order chi connectivity index (χ1) is 24.8. The molecule has 9 aromatic carbocycles. The van der Waals surface area contributed by atoms with Crippen molar-refractivity contribution in [3.05, 3.63) is 187 Å². The molecule has 2 heterocycles. The van der Waals surface area contributed by atoms with Gasteiger partial charge in [-0.15, -0.1) is 0 Å². The number of rotatable bonds is 4. The Labute approximate surface area is 290 Å². The fraction of sp³-hybridized carbons (Fsp3) is 0.0417. The second-order valence-electron chi connectivity index (χ2n) is 13.7. The Morgan fingerprint density at radius 2 is 1.12 bits per heavy atom. The average Bonchev–Trinajstić information content (AvgIpc) is 3.74. The van der Waals surface area contributed by atoms with Crippen molar-refractivity contribution in [3.63, 3.8) is 0 Å². The molecule has 0 aliphatic carbocycles. The highest BCUT2D eigenvalue weighted by atomic mass is 15.2. The van der Waals surface area contributed by atoms with Crippen LogP contribution in [0, 0.1) is 0 Å². The summed E-state index contributed by atoms with van der Waals surface area (Å²) in [6, 6.07) is 65.3. The number of hydrogen-bond donors (Lipinski definition) is 0. The molecule has 10 aromatic rings. The topological polar surface area (TPSA) is 8.17 Å². The van der Waals surface area contributed by atoms with E-state index in [1.54, 1.807) is 0 Å². The number of aromatic nitrogens is 1. The first-order valence-electron chi connectivity index (χ1n) is 17.5. The normalized spacial score (nSPS) is 14.5. The standard InChI is InChI=1S/C48H32N2/c1-3-11-31(12-4-1)44-30-36-25-28-42-40-19-7-8-20-43(40)50(48(42)47(36)49(44)37-16-5-2-6-17-37)38-18-10-15-35(29-38)39-26-23-34-22-21-32-13-9-14-33-24-27-41(39)46(34)45(32)33/h1-29,44H,30H2. The number of fused-ring (bicyclic) bond motifs is 5. The van der Waals surface area contributed by atoms with Gasteiger partial charge in [-0.1, -0.05) is 146 Å². The van der Waals surface area contributed by atoms with Crippen LogP contribution in [-0.2, 0) is 6.42 Å². The van der Waals surface area contributed by atoms with Gasteiger partial charge < -0.3 is 9.47 Å². The molecule has 0 radical (unpaired) electrons. The summed E-state index contributed by atoms with van der Waals surface area (Å²) in [4.78, 5) is 2.59. The third kappa shape index (κ3) is 3.90. The van der Waals surface area contributed by atoms with Gasteiger partial charge in [0.2, 0.25) is 0 Å². The molecule has 0 bridgehead atoms. The van der Waals surface area contributed by atoms with Crippen LogP contribution in [0.1, 0.15) is 17.2 Å². The summed E-state index contributed by atoms with van der Waals surface area (Å²) in [6.45, 7) is 0. The highest BCUT2D eigenvalue weighted by Crippen LogP contribution is 2.51. The molecule has 1 aliphatic rings. The van der Waals surface area contributed by atoms with Gasteiger partial charge >= 0.3 is 0 Å². The average molecular weight is 637 g/mol. The van der Waals surface area contributed by atoms with Gasteiger partial charge in [0.05, 0.1) is 22.8 Å². The van der Waals surface area contributed by atoms with Crippen LogP contribution < -0.4 is 4.90 Å². The van der Waals surface area contributed by atoms with Gasteiger partial charge in [0.25, 0.3) is 0 Å². The number of nitrogens with zero attached hydrogens (tertiary/aromatic N) is 2. The third-order valence-electron chi connectivity index (χ3n) is 11.0. The van der Waals surface area contributed by atoms with Crippen molar-refractivity contribution < 1.29 is 0 Å². The Morgan fingerprint density at radius 3 is 1.96 bits per heavy atom. The van der Waals surface area contributed by atoms with Crippen LogP contribution in [0.5, 0.6) is 0 Å². The predicted molar refractivity (Wildman–Crippen MR) is 211 cm³/mol. The Balaban J connectivity index is 1.18. The number of hydrogen-bond acceptors (Lipinski definition) is 1. The van der Waals surface area contributed by atoms with E-state index < -0.39 is 0 Å². The van der Waals surface area contributed by atoms with Crippen LogP contribution in [0.2, 0.25) is 0 Å². The van der Waals surface area contributed by atoms with Gasteiger partial charge in [0, 0.05) is 22.1 Å². The van der Waals surface area contributed by atoms with Crippen molar-refractivity contribution in [2.75, 3.05) is 4.90 Å². The summed E-state index contributed by atoms with van der Waals surface area (Å²) in [7, 11) is 0. The third-order valence-corrected chi connectivity index (χ3v) is 11.0. The molecular formula is C48H32N2. The van der Waals surface area contributed by atoms with Crippen molar-refractivity contribution in [2.24, 2.45) is 0 Å². The molecule has 1 unspecified atom stereocenters. The van der Waals surface area contributed by atoms with E-state index in [0.29, 0.717) is 0 Å². The molecule has 0 spiro atoms. The summed E-state index contributed by atoms with van der Waals surface area (Å²) in [5.41, 5.74) is 11.4. The molecule has 0 saturated carbocycles. The van der Waals surface area contributed by atoms with E-state index >= 15 is 0 Å².